The van der Waals surface area contributed by atoms with E-state index in [9.17, 15) is 21.6 Å². The molecule has 2 heterocycles. The van der Waals surface area contributed by atoms with Gasteiger partial charge in [-0.25, -0.2) is 13.1 Å². The number of benzene rings is 1. The highest BCUT2D eigenvalue weighted by Gasteiger charge is 2.35. The fraction of sp³-hybridized carbons (Fsp3) is 0.577. The van der Waals surface area contributed by atoms with Crippen LogP contribution in [-0.4, -0.2) is 55.5 Å². The van der Waals surface area contributed by atoms with Crippen LogP contribution in [0, 0.1) is 6.92 Å². The molecule has 1 aliphatic rings. The van der Waals surface area contributed by atoms with Crippen molar-refractivity contribution in [1.82, 2.24) is 14.6 Å². The summed E-state index contributed by atoms with van der Waals surface area (Å²) in [7, 11) is -4.55. The van der Waals surface area contributed by atoms with E-state index in [1.54, 1.807) is 0 Å². The molecule has 1 aliphatic heterocycles. The van der Waals surface area contributed by atoms with Gasteiger partial charge in [-0.15, -0.1) is 0 Å². The lowest BCUT2D eigenvalue weighted by molar-refractivity contribution is -0.106. The van der Waals surface area contributed by atoms with E-state index in [-0.39, 0.29) is 18.8 Å². The molecule has 6 nitrogen and oxygen atoms in total. The Morgan fingerprint density at radius 1 is 1.08 bits per heavy atom. The summed E-state index contributed by atoms with van der Waals surface area (Å²) in [5, 5.41) is 0. The minimum atomic E-state index is -4.82. The molecular weight excluding hydrogens is 491 g/mol. The van der Waals surface area contributed by atoms with E-state index in [4.69, 9.17) is 9.72 Å². The van der Waals surface area contributed by atoms with Crippen LogP contribution in [0.15, 0.2) is 24.3 Å². The molecule has 1 saturated heterocycles. The summed E-state index contributed by atoms with van der Waals surface area (Å²) in [5.41, 5.74) is 6.13. The smallest absolute Gasteiger partial charge is 0.373 e. The maximum Gasteiger partial charge on any atom is 0.404 e. The zero-order chi connectivity index (χ0) is 26.7. The van der Waals surface area contributed by atoms with Crippen LogP contribution in [0.2, 0.25) is 0 Å². The number of halogens is 3. The van der Waals surface area contributed by atoms with Gasteiger partial charge in [-0.05, 0) is 61.9 Å². The fourth-order valence-electron chi connectivity index (χ4n) is 4.93. The third-order valence-electron chi connectivity index (χ3n) is 6.39. The lowest BCUT2D eigenvalue weighted by Gasteiger charge is -2.36. The lowest BCUT2D eigenvalue weighted by Crippen LogP contribution is -2.45. The highest BCUT2D eigenvalue weighted by Crippen LogP contribution is 2.31. The fourth-order valence-corrected chi connectivity index (χ4v) is 5.84. The Morgan fingerprint density at radius 2 is 1.67 bits per heavy atom. The average Bonchev–Trinajstić information content (AvgIpc) is 2.76. The maximum absolute atomic E-state index is 12.8. The molecule has 0 aliphatic carbocycles. The normalized spacial score (nSPS) is 19.6. The first-order valence-electron chi connectivity index (χ1n) is 12.3. The number of alkyl halides is 3. The van der Waals surface area contributed by atoms with E-state index in [0.29, 0.717) is 30.9 Å². The van der Waals surface area contributed by atoms with Crippen LogP contribution in [0.25, 0.3) is 11.3 Å². The topological polar surface area (TPSA) is 71.5 Å². The van der Waals surface area contributed by atoms with Crippen LogP contribution in [0.3, 0.4) is 0 Å². The number of sulfonamides is 1. The summed E-state index contributed by atoms with van der Waals surface area (Å²) in [6.07, 6.45) is -3.15. The molecule has 1 fully saturated rings. The number of aromatic nitrogens is 1. The second-order valence-electron chi connectivity index (χ2n) is 9.54. The quantitative estimate of drug-likeness (QED) is 0.509. The van der Waals surface area contributed by atoms with Crippen LogP contribution in [0.5, 0.6) is 0 Å². The average molecular weight is 528 g/mol. The van der Waals surface area contributed by atoms with Gasteiger partial charge in [0.25, 0.3) is 0 Å². The number of hydrogen-bond donors (Lipinski definition) is 1. The van der Waals surface area contributed by atoms with Gasteiger partial charge in [-0.3, -0.25) is 9.88 Å². The van der Waals surface area contributed by atoms with Crippen molar-refractivity contribution in [2.45, 2.75) is 78.9 Å². The van der Waals surface area contributed by atoms with E-state index >= 15 is 0 Å². The number of ether oxygens (including phenoxy) is 1. The molecule has 0 saturated carbocycles. The number of aryl methyl sites for hydroxylation is 3. The second kappa shape index (κ2) is 11.6. The summed E-state index contributed by atoms with van der Waals surface area (Å²) in [6.45, 7) is 11.7. The summed E-state index contributed by atoms with van der Waals surface area (Å²) in [6, 6.07) is 7.93. The van der Waals surface area contributed by atoms with Crippen LogP contribution < -0.4 is 4.72 Å². The minimum Gasteiger partial charge on any atom is -0.373 e. The zero-order valence-corrected chi connectivity index (χ0v) is 22.4. The number of nitrogens with one attached hydrogen (secondary N) is 1. The highest BCUT2D eigenvalue weighted by atomic mass is 32.2. The van der Waals surface area contributed by atoms with E-state index in [0.717, 1.165) is 40.8 Å². The first-order valence-corrected chi connectivity index (χ1v) is 14.0. The summed E-state index contributed by atoms with van der Waals surface area (Å²) in [5.74, 6) is -1.91. The van der Waals surface area contributed by atoms with Crippen molar-refractivity contribution in [2.24, 2.45) is 0 Å². The van der Waals surface area contributed by atoms with Gasteiger partial charge in [-0.2, -0.15) is 13.2 Å². The molecule has 0 spiro atoms. The molecule has 1 N–H and O–H groups in total. The van der Waals surface area contributed by atoms with Crippen molar-refractivity contribution in [1.29, 1.82) is 0 Å². The van der Waals surface area contributed by atoms with Gasteiger partial charge in [-0.1, -0.05) is 32.0 Å². The Labute approximate surface area is 212 Å². The van der Waals surface area contributed by atoms with Crippen LogP contribution in [-0.2, 0) is 40.7 Å². The molecule has 1 aromatic carbocycles. The molecule has 0 radical (unpaired) electrons. The van der Waals surface area contributed by atoms with Crippen molar-refractivity contribution in [3.05, 3.63) is 52.2 Å². The zero-order valence-electron chi connectivity index (χ0n) is 21.6. The standard InChI is InChI=1S/C26H36F3N3O3S/c1-6-20-9-8-10-21(7-2)25(20)24-11-22(12-30-36(33,34)16-26(27,28)29)23(19(5)31-24)15-32-13-17(3)35-18(4)14-32/h8-11,17-18,30H,6-7,12-16H2,1-5H3/t17-,18-/m1/s1. The van der Waals surface area contributed by atoms with E-state index in [2.05, 4.69) is 23.5 Å². The van der Waals surface area contributed by atoms with Gasteiger partial charge in [0.15, 0.2) is 5.75 Å². The number of rotatable bonds is 9. The predicted octanol–water partition coefficient (Wildman–Crippen LogP) is 4.77. The molecule has 36 heavy (non-hydrogen) atoms. The molecule has 200 valence electrons. The number of morpholine rings is 1. The van der Waals surface area contributed by atoms with Crippen LogP contribution >= 0.6 is 0 Å². The number of hydrogen-bond acceptors (Lipinski definition) is 5. The summed E-state index contributed by atoms with van der Waals surface area (Å²) in [4.78, 5) is 7.13. The molecule has 2 atom stereocenters. The van der Waals surface area contributed by atoms with E-state index in [1.807, 2.05) is 45.0 Å². The minimum absolute atomic E-state index is 0.0403. The molecular formula is C26H36F3N3O3S. The Hall–Kier alpha value is -2.01. The lowest BCUT2D eigenvalue weighted by atomic mass is 9.92. The number of nitrogens with zero attached hydrogens (tertiary/aromatic N) is 2. The van der Waals surface area contributed by atoms with Crippen molar-refractivity contribution in [3.8, 4) is 11.3 Å². The van der Waals surface area contributed by atoms with Crippen LogP contribution in [0.4, 0.5) is 13.2 Å². The predicted molar refractivity (Wildman–Crippen MR) is 135 cm³/mol. The molecule has 0 bridgehead atoms. The third-order valence-corrected chi connectivity index (χ3v) is 7.68. The summed E-state index contributed by atoms with van der Waals surface area (Å²) < 4.78 is 70.8. The molecule has 10 heteroatoms. The van der Waals surface area contributed by atoms with Crippen molar-refractivity contribution in [3.63, 3.8) is 0 Å². The van der Waals surface area contributed by atoms with Gasteiger partial charge in [0, 0.05) is 37.4 Å². The Bertz CT molecular complexity index is 1140. The van der Waals surface area contributed by atoms with E-state index in [1.165, 1.54) is 0 Å². The Morgan fingerprint density at radius 3 is 2.19 bits per heavy atom. The Kier molecular flexibility index (Phi) is 9.19. The molecule has 0 unspecified atom stereocenters. The molecule has 1 aromatic heterocycles. The van der Waals surface area contributed by atoms with Crippen molar-refractivity contribution >= 4 is 10.0 Å². The van der Waals surface area contributed by atoms with Gasteiger partial charge < -0.3 is 4.74 Å². The summed E-state index contributed by atoms with van der Waals surface area (Å²) >= 11 is 0. The van der Waals surface area contributed by atoms with Crippen LogP contribution in [0.1, 0.15) is 55.6 Å². The monoisotopic (exact) mass is 527 g/mol. The first kappa shape index (κ1) is 28.6. The van der Waals surface area contributed by atoms with Gasteiger partial charge in [0.05, 0.1) is 17.9 Å². The highest BCUT2D eigenvalue weighted by molar-refractivity contribution is 7.89. The molecule has 3 rings (SSSR count). The van der Waals surface area contributed by atoms with Gasteiger partial charge in [0.1, 0.15) is 0 Å². The second-order valence-corrected chi connectivity index (χ2v) is 11.3. The Balaban J connectivity index is 2.05. The number of pyridine rings is 1. The van der Waals surface area contributed by atoms with Gasteiger partial charge >= 0.3 is 6.18 Å². The van der Waals surface area contributed by atoms with Gasteiger partial charge in [0.2, 0.25) is 10.0 Å². The van der Waals surface area contributed by atoms with Crippen molar-refractivity contribution < 1.29 is 26.3 Å². The van der Waals surface area contributed by atoms with Crippen molar-refractivity contribution in [2.75, 3.05) is 18.8 Å². The molecule has 2 aromatic rings. The third kappa shape index (κ3) is 7.50. The molecule has 0 amide bonds. The largest absolute Gasteiger partial charge is 0.404 e. The SMILES string of the molecule is CCc1cccc(CC)c1-c1cc(CNS(=O)(=O)CC(F)(F)F)c(CN2C[C@@H](C)O[C@H](C)C2)c(C)n1. The first-order chi connectivity index (χ1) is 16.8. The maximum atomic E-state index is 12.8. The van der Waals surface area contributed by atoms with E-state index < -0.39 is 22.0 Å².